The number of amides is 4. The first-order chi connectivity index (χ1) is 23.1. The maximum atomic E-state index is 13.6. The van der Waals surface area contributed by atoms with E-state index in [0.717, 1.165) is 11.8 Å². The first-order valence-corrected chi connectivity index (χ1v) is 16.6. The van der Waals surface area contributed by atoms with Crippen LogP contribution in [0.1, 0.15) is 97.5 Å². The largest absolute Gasteiger partial charge is 0.464 e. The molecular weight excluding hydrogens is 656 g/mol. The average Bonchev–Trinajstić information content (AvgIpc) is 3.76. The molecule has 0 spiro atoms. The zero-order valence-electron chi connectivity index (χ0n) is 28.6. The molecule has 49 heavy (non-hydrogen) atoms. The maximum absolute atomic E-state index is 13.6. The highest BCUT2D eigenvalue weighted by atomic mass is 32.1. The number of rotatable bonds is 15. The zero-order chi connectivity index (χ0) is 36.3. The Bertz CT molecular complexity index is 1590. The first-order valence-electron chi connectivity index (χ1n) is 15.7. The lowest BCUT2D eigenvalue weighted by molar-refractivity contribution is -0.131. The molecule has 0 fully saturated rings. The number of aliphatic hydroxyl groups is 1. The number of oxazole rings is 1. The monoisotopic (exact) mass is 700 g/mol. The van der Waals surface area contributed by atoms with Gasteiger partial charge in [0.15, 0.2) is 5.69 Å². The summed E-state index contributed by atoms with van der Waals surface area (Å²) in [6.45, 7) is 9.98. The molecule has 5 N–H and O–H groups in total. The van der Waals surface area contributed by atoms with Crippen molar-refractivity contribution in [2.45, 2.75) is 84.2 Å². The van der Waals surface area contributed by atoms with E-state index in [2.05, 4.69) is 36.0 Å². The van der Waals surface area contributed by atoms with E-state index in [1.165, 1.54) is 30.8 Å². The van der Waals surface area contributed by atoms with Crippen LogP contribution in [-0.4, -0.2) is 76.3 Å². The van der Waals surface area contributed by atoms with Gasteiger partial charge in [-0.25, -0.2) is 19.6 Å². The minimum absolute atomic E-state index is 0.00507. The highest BCUT2D eigenvalue weighted by Gasteiger charge is 2.31. The molecule has 3 aromatic rings. The van der Waals surface area contributed by atoms with Crippen LogP contribution >= 0.6 is 11.3 Å². The van der Waals surface area contributed by atoms with Gasteiger partial charge < -0.3 is 40.3 Å². The van der Waals surface area contributed by atoms with E-state index in [1.807, 2.05) is 19.9 Å². The molecule has 0 saturated heterocycles. The standard InChI is InChI=1S/C33H44N6O9S/c1-8-18(2)25(39-32(45)48-33(4,5)6)30-38-24(17-49-30)28(43)35-21(14-20-12-10-9-11-13-20)26(41)36-22(15-40)27(42)34-19(3)29-37-23(16-47-29)31(44)46-7/h9-13,16-19,21-22,25,40H,8,14-15H2,1-7H3,(H,34,42)(H,35,43)(H,36,41)(H,39,45)/t18-,19+,21-,22-,25+/m1/s1. The van der Waals surface area contributed by atoms with Crippen molar-refractivity contribution < 1.29 is 43.0 Å². The van der Waals surface area contributed by atoms with Gasteiger partial charge in [-0.1, -0.05) is 50.6 Å². The lowest BCUT2D eigenvalue weighted by atomic mass is 10.00. The molecule has 0 saturated carbocycles. The first kappa shape index (κ1) is 38.6. The second kappa shape index (κ2) is 17.5. The lowest BCUT2D eigenvalue weighted by Gasteiger charge is -2.25. The number of ether oxygens (including phenoxy) is 2. The topological polar surface area (TPSA) is 211 Å². The van der Waals surface area contributed by atoms with Crippen LogP contribution in [0.5, 0.6) is 0 Å². The second-order valence-electron chi connectivity index (χ2n) is 12.3. The van der Waals surface area contributed by atoms with E-state index >= 15 is 0 Å². The van der Waals surface area contributed by atoms with Crippen LogP contribution in [0, 0.1) is 5.92 Å². The molecule has 0 aliphatic carbocycles. The molecule has 0 aliphatic rings. The second-order valence-corrected chi connectivity index (χ2v) is 13.2. The summed E-state index contributed by atoms with van der Waals surface area (Å²) >= 11 is 1.19. The summed E-state index contributed by atoms with van der Waals surface area (Å²) in [5.74, 6) is -2.89. The van der Waals surface area contributed by atoms with Crippen LogP contribution < -0.4 is 21.3 Å². The molecule has 3 rings (SSSR count). The van der Waals surface area contributed by atoms with Crippen molar-refractivity contribution in [2.24, 2.45) is 5.92 Å². The molecule has 2 heterocycles. The molecule has 15 nitrogen and oxygen atoms in total. The average molecular weight is 701 g/mol. The fourth-order valence-corrected chi connectivity index (χ4v) is 5.45. The number of hydrogen-bond donors (Lipinski definition) is 5. The van der Waals surface area contributed by atoms with Gasteiger partial charge in [0.25, 0.3) is 5.91 Å². The summed E-state index contributed by atoms with van der Waals surface area (Å²) in [5, 5.41) is 22.7. The van der Waals surface area contributed by atoms with Crippen molar-refractivity contribution in [2.75, 3.05) is 13.7 Å². The predicted octanol–water partition coefficient (Wildman–Crippen LogP) is 3.23. The number of aromatic nitrogens is 2. The number of aliphatic hydroxyl groups excluding tert-OH is 1. The molecule has 16 heteroatoms. The normalized spacial score (nSPS) is 14.4. The van der Waals surface area contributed by atoms with Crippen molar-refractivity contribution in [3.63, 3.8) is 0 Å². The van der Waals surface area contributed by atoms with Crippen LogP contribution in [0.15, 0.2) is 46.4 Å². The number of hydrogen-bond acceptors (Lipinski definition) is 12. The zero-order valence-corrected chi connectivity index (χ0v) is 29.4. The number of esters is 1. The number of carbonyl (C=O) groups excluding carboxylic acids is 5. The lowest BCUT2D eigenvalue weighted by Crippen LogP contribution is -2.55. The van der Waals surface area contributed by atoms with Gasteiger partial charge in [0, 0.05) is 11.8 Å². The van der Waals surface area contributed by atoms with Crippen LogP contribution in [0.25, 0.3) is 0 Å². The van der Waals surface area contributed by atoms with Crippen LogP contribution in [0.2, 0.25) is 0 Å². The Morgan fingerprint density at radius 3 is 2.22 bits per heavy atom. The summed E-state index contributed by atoms with van der Waals surface area (Å²) in [7, 11) is 1.19. The third-order valence-corrected chi connectivity index (χ3v) is 8.20. The minimum atomic E-state index is -1.40. The fourth-order valence-electron chi connectivity index (χ4n) is 4.47. The Kier molecular flexibility index (Phi) is 13.8. The van der Waals surface area contributed by atoms with Crippen LogP contribution in [0.4, 0.5) is 4.79 Å². The fraction of sp³-hybridized carbons (Fsp3) is 0.485. The Morgan fingerprint density at radius 2 is 1.61 bits per heavy atom. The van der Waals surface area contributed by atoms with Crippen LogP contribution in [-0.2, 0) is 25.5 Å². The van der Waals surface area contributed by atoms with Gasteiger partial charge in [-0.15, -0.1) is 11.3 Å². The minimum Gasteiger partial charge on any atom is -0.464 e. The number of methoxy groups -OCH3 is 1. The molecule has 4 amide bonds. The molecule has 0 aliphatic heterocycles. The molecule has 1 aromatic carbocycles. The molecular formula is C33H44N6O9S. The van der Waals surface area contributed by atoms with Crippen molar-refractivity contribution in [3.05, 3.63) is 69.8 Å². The number of benzene rings is 1. The number of alkyl carbamates (subject to hydrolysis) is 1. The third kappa shape index (κ3) is 11.4. The molecule has 0 radical (unpaired) electrons. The van der Waals surface area contributed by atoms with Gasteiger partial charge in [0.1, 0.15) is 40.7 Å². The Hall–Kier alpha value is -4.83. The summed E-state index contributed by atoms with van der Waals surface area (Å²) in [6, 6.07) is 5.01. The quantitative estimate of drug-likeness (QED) is 0.145. The smallest absolute Gasteiger partial charge is 0.408 e. The van der Waals surface area contributed by atoms with Crippen LogP contribution in [0.3, 0.4) is 0 Å². The highest BCUT2D eigenvalue weighted by molar-refractivity contribution is 7.09. The van der Waals surface area contributed by atoms with Gasteiger partial charge in [0.2, 0.25) is 17.7 Å². The molecule has 266 valence electrons. The molecule has 2 aromatic heterocycles. The summed E-state index contributed by atoms with van der Waals surface area (Å²) < 4.78 is 15.3. The van der Waals surface area contributed by atoms with Crippen molar-refractivity contribution >= 4 is 41.1 Å². The van der Waals surface area contributed by atoms with Crippen molar-refractivity contribution in [1.82, 2.24) is 31.2 Å². The Balaban J connectivity index is 1.76. The van der Waals surface area contributed by atoms with E-state index in [1.54, 1.807) is 45.0 Å². The maximum Gasteiger partial charge on any atom is 0.408 e. The van der Waals surface area contributed by atoms with Gasteiger partial charge in [-0.05, 0) is 39.2 Å². The SMILES string of the molecule is CC[C@@H](C)[C@H](NC(=O)OC(C)(C)C)c1nc(C(=O)N[C@H](Cc2ccccc2)C(=O)N[C@H](CO)C(=O)N[C@@H](C)c2nc(C(=O)OC)co2)cs1. The number of nitrogens with zero attached hydrogens (tertiary/aromatic N) is 2. The van der Waals surface area contributed by atoms with Gasteiger partial charge in [-0.2, -0.15) is 0 Å². The van der Waals surface area contributed by atoms with E-state index in [4.69, 9.17) is 9.15 Å². The highest BCUT2D eigenvalue weighted by Crippen LogP contribution is 2.28. The molecule has 0 bridgehead atoms. The van der Waals surface area contributed by atoms with Gasteiger partial charge >= 0.3 is 12.1 Å². The number of carbonyl (C=O) groups is 5. The van der Waals surface area contributed by atoms with Gasteiger partial charge in [-0.3, -0.25) is 14.4 Å². The Labute approximate surface area is 288 Å². The van der Waals surface area contributed by atoms with E-state index in [-0.39, 0.29) is 29.6 Å². The number of thiazole rings is 1. The Morgan fingerprint density at radius 1 is 0.939 bits per heavy atom. The summed E-state index contributed by atoms with van der Waals surface area (Å²) in [5.41, 5.74) is -0.0313. The molecule has 0 unspecified atom stereocenters. The van der Waals surface area contributed by atoms with Crippen molar-refractivity contribution in [3.8, 4) is 0 Å². The summed E-state index contributed by atoms with van der Waals surface area (Å²) in [4.78, 5) is 72.8. The van der Waals surface area contributed by atoms with E-state index in [0.29, 0.717) is 11.4 Å². The number of nitrogens with one attached hydrogen (secondary N) is 4. The van der Waals surface area contributed by atoms with Crippen molar-refractivity contribution in [1.29, 1.82) is 0 Å². The molecule has 5 atom stereocenters. The third-order valence-electron chi connectivity index (χ3n) is 7.27. The van der Waals surface area contributed by atoms with Gasteiger partial charge in [0.05, 0.1) is 19.8 Å². The summed E-state index contributed by atoms with van der Waals surface area (Å²) in [6.07, 6.45) is 1.25. The van der Waals surface area contributed by atoms with E-state index < -0.39 is 66.2 Å². The van der Waals surface area contributed by atoms with E-state index in [9.17, 15) is 29.1 Å². The predicted molar refractivity (Wildman–Crippen MR) is 178 cm³/mol.